The Labute approximate surface area is 178 Å². The number of methoxy groups -OCH3 is 1. The molecule has 170 valence electrons. The lowest BCUT2D eigenvalue weighted by Crippen LogP contribution is -2.16. The second-order valence-electron chi connectivity index (χ2n) is 5.80. The molecular weight excluding hydrogens is 478 g/mol. The van der Waals surface area contributed by atoms with Crippen LogP contribution in [0.5, 0.6) is 5.75 Å². The van der Waals surface area contributed by atoms with Gasteiger partial charge in [-0.3, -0.25) is 9.11 Å². The van der Waals surface area contributed by atoms with Gasteiger partial charge in [0.2, 0.25) is 0 Å². The highest BCUT2D eigenvalue weighted by Crippen LogP contribution is 2.31. The van der Waals surface area contributed by atoms with Gasteiger partial charge in [0.05, 0.1) is 36.5 Å². The lowest BCUT2D eigenvalue weighted by atomic mass is 10.3. The molecule has 0 aromatic heterocycles. The number of azo groups is 1. The van der Waals surface area contributed by atoms with E-state index in [0.717, 1.165) is 12.1 Å². The Morgan fingerprint density at radius 1 is 0.903 bits per heavy atom. The van der Waals surface area contributed by atoms with Crippen LogP contribution in [0.3, 0.4) is 0 Å². The first-order valence-corrected chi connectivity index (χ1v) is 12.5. The normalized spacial score (nSPS) is 12.9. The Morgan fingerprint density at radius 3 is 1.97 bits per heavy atom. The van der Waals surface area contributed by atoms with Crippen LogP contribution in [-0.4, -0.2) is 53.8 Å². The van der Waals surface area contributed by atoms with Crippen LogP contribution in [0.2, 0.25) is 0 Å². The van der Waals surface area contributed by atoms with E-state index in [0.29, 0.717) is 0 Å². The average Bonchev–Trinajstić information content (AvgIpc) is 2.65. The maximum Gasteiger partial charge on any atom is 0.397 e. The summed E-state index contributed by atoms with van der Waals surface area (Å²) >= 11 is 0. The van der Waals surface area contributed by atoms with E-state index in [1.54, 1.807) is 0 Å². The van der Waals surface area contributed by atoms with Gasteiger partial charge in [-0.2, -0.15) is 27.1 Å². The van der Waals surface area contributed by atoms with E-state index in [2.05, 4.69) is 14.4 Å². The van der Waals surface area contributed by atoms with Crippen molar-refractivity contribution < 1.29 is 43.3 Å². The van der Waals surface area contributed by atoms with E-state index in [9.17, 15) is 25.3 Å². The molecule has 0 bridgehead atoms. The first-order chi connectivity index (χ1) is 14.2. The van der Waals surface area contributed by atoms with Gasteiger partial charge in [-0.05, 0) is 36.4 Å². The van der Waals surface area contributed by atoms with Crippen LogP contribution in [0.1, 0.15) is 0 Å². The van der Waals surface area contributed by atoms with E-state index < -0.39 is 47.6 Å². The summed E-state index contributed by atoms with van der Waals surface area (Å²) in [6, 6.07) is 7.21. The molecule has 0 saturated heterocycles. The fourth-order valence-corrected chi connectivity index (χ4v) is 4.57. The Kier molecular flexibility index (Phi) is 7.35. The second-order valence-corrected chi connectivity index (χ2v) is 10.4. The minimum atomic E-state index is -4.81. The number of rotatable bonds is 9. The summed E-state index contributed by atoms with van der Waals surface area (Å²) in [5, 5.41) is 7.61. The van der Waals surface area contributed by atoms with Crippen molar-refractivity contribution in [3.63, 3.8) is 0 Å². The molecule has 0 unspecified atom stereocenters. The highest BCUT2D eigenvalue weighted by atomic mass is 32.3. The molecule has 0 amide bonds. The number of nitrogens with two attached hydrogens (primary N) is 1. The maximum absolute atomic E-state index is 12.5. The molecular formula is C15H17N3O10S3. The number of ether oxygens (including phenoxy) is 1. The molecule has 0 aliphatic carbocycles. The number of nitrogens with zero attached hydrogens (tertiary/aromatic N) is 2. The number of sulfone groups is 1. The van der Waals surface area contributed by atoms with Crippen molar-refractivity contribution in [1.29, 1.82) is 0 Å². The quantitative estimate of drug-likeness (QED) is 0.258. The zero-order chi connectivity index (χ0) is 23.4. The van der Waals surface area contributed by atoms with Gasteiger partial charge in [-0.15, -0.1) is 0 Å². The van der Waals surface area contributed by atoms with Crippen LogP contribution in [0.25, 0.3) is 0 Å². The van der Waals surface area contributed by atoms with Crippen LogP contribution >= 0.6 is 0 Å². The Hall–Kier alpha value is -2.63. The van der Waals surface area contributed by atoms with Gasteiger partial charge in [-0.1, -0.05) is 0 Å². The Balaban J connectivity index is 2.36. The van der Waals surface area contributed by atoms with Crippen molar-refractivity contribution in [3.8, 4) is 5.75 Å². The fourth-order valence-electron chi connectivity index (χ4n) is 2.25. The molecule has 16 heteroatoms. The molecule has 0 aliphatic heterocycles. The third kappa shape index (κ3) is 6.94. The largest absolute Gasteiger partial charge is 0.495 e. The van der Waals surface area contributed by atoms with Crippen molar-refractivity contribution in [2.75, 3.05) is 25.2 Å². The molecule has 0 spiro atoms. The number of nitrogen functional groups attached to an aromatic ring is 1. The minimum Gasteiger partial charge on any atom is -0.495 e. The van der Waals surface area contributed by atoms with Crippen LogP contribution in [0, 0.1) is 0 Å². The molecule has 2 aromatic carbocycles. The van der Waals surface area contributed by atoms with Crippen LogP contribution < -0.4 is 10.5 Å². The fraction of sp³-hybridized carbons (Fsp3) is 0.200. The van der Waals surface area contributed by atoms with E-state index in [1.165, 1.54) is 31.4 Å². The molecule has 0 atom stereocenters. The molecule has 2 rings (SSSR count). The van der Waals surface area contributed by atoms with Gasteiger partial charge in [0.1, 0.15) is 15.5 Å². The van der Waals surface area contributed by atoms with Crippen molar-refractivity contribution in [2.45, 2.75) is 9.79 Å². The lowest BCUT2D eigenvalue weighted by Gasteiger charge is -2.10. The summed E-state index contributed by atoms with van der Waals surface area (Å²) in [4.78, 5) is -0.915. The third-order valence-corrected chi connectivity index (χ3v) is 6.69. The topological polar surface area (TPSA) is 212 Å². The predicted molar refractivity (Wildman–Crippen MR) is 107 cm³/mol. The molecule has 13 nitrogen and oxygen atoms in total. The molecule has 0 heterocycles. The van der Waals surface area contributed by atoms with E-state index in [4.69, 9.17) is 19.6 Å². The molecule has 0 saturated carbocycles. The SMILES string of the molecule is COc1ccc(N=Nc2ccc(N)c(S(=O)(=O)O)c2)cc1S(=O)(=O)CCOS(=O)(=O)O. The molecule has 0 radical (unpaired) electrons. The lowest BCUT2D eigenvalue weighted by molar-refractivity contribution is 0.284. The van der Waals surface area contributed by atoms with Gasteiger partial charge in [0.15, 0.2) is 9.84 Å². The van der Waals surface area contributed by atoms with Crippen molar-refractivity contribution in [2.24, 2.45) is 10.2 Å². The average molecular weight is 496 g/mol. The van der Waals surface area contributed by atoms with Gasteiger partial charge < -0.3 is 10.5 Å². The monoisotopic (exact) mass is 495 g/mol. The van der Waals surface area contributed by atoms with E-state index in [1.807, 2.05) is 0 Å². The van der Waals surface area contributed by atoms with E-state index >= 15 is 0 Å². The molecule has 0 aliphatic rings. The van der Waals surface area contributed by atoms with Gasteiger partial charge >= 0.3 is 10.4 Å². The van der Waals surface area contributed by atoms with Crippen LogP contribution in [0.4, 0.5) is 17.1 Å². The number of hydrogen-bond acceptors (Lipinski definition) is 11. The number of hydrogen-bond donors (Lipinski definition) is 3. The highest BCUT2D eigenvalue weighted by molar-refractivity contribution is 7.91. The summed E-state index contributed by atoms with van der Waals surface area (Å²) in [5.41, 5.74) is 5.32. The van der Waals surface area contributed by atoms with Crippen molar-refractivity contribution >= 4 is 47.4 Å². The summed E-state index contributed by atoms with van der Waals surface area (Å²) in [5.74, 6) is -0.855. The third-order valence-electron chi connectivity index (χ3n) is 3.62. The van der Waals surface area contributed by atoms with Gasteiger partial charge in [0.25, 0.3) is 10.1 Å². The predicted octanol–water partition coefficient (Wildman–Crippen LogP) is 1.53. The smallest absolute Gasteiger partial charge is 0.397 e. The Morgan fingerprint density at radius 2 is 1.45 bits per heavy atom. The van der Waals surface area contributed by atoms with Crippen LogP contribution in [0.15, 0.2) is 56.4 Å². The number of benzene rings is 2. The molecule has 2 aromatic rings. The Bertz CT molecular complexity index is 1320. The maximum atomic E-state index is 12.5. The highest BCUT2D eigenvalue weighted by Gasteiger charge is 2.22. The summed E-state index contributed by atoms with van der Waals surface area (Å²) in [6.45, 7) is -0.833. The summed E-state index contributed by atoms with van der Waals surface area (Å²) in [6.07, 6.45) is 0. The first kappa shape index (κ1) is 24.6. The standard InChI is InChI=1S/C15H17N3O10S3/c1-27-13-5-3-11(9-15(13)29(19,20)7-6-28-31(24,25)26)18-17-10-2-4-12(16)14(8-10)30(21,22)23/h2-5,8-9H,6-7,16H2,1H3,(H,21,22,23)(H,24,25,26). The van der Waals surface area contributed by atoms with Crippen molar-refractivity contribution in [1.82, 2.24) is 0 Å². The zero-order valence-electron chi connectivity index (χ0n) is 15.7. The summed E-state index contributed by atoms with van der Waals surface area (Å²) < 4.78 is 95.5. The van der Waals surface area contributed by atoms with Crippen LogP contribution in [-0.2, 0) is 34.5 Å². The second kappa shape index (κ2) is 9.25. The minimum absolute atomic E-state index is 0.00334. The molecule has 0 fully saturated rings. The number of anilines is 1. The van der Waals surface area contributed by atoms with Crippen molar-refractivity contribution in [3.05, 3.63) is 36.4 Å². The molecule has 4 N–H and O–H groups in total. The van der Waals surface area contributed by atoms with Gasteiger partial charge in [-0.25, -0.2) is 12.6 Å². The summed E-state index contributed by atoms with van der Waals surface area (Å²) in [7, 11) is -12.3. The van der Waals surface area contributed by atoms with Gasteiger partial charge in [0, 0.05) is 0 Å². The molecule has 31 heavy (non-hydrogen) atoms. The first-order valence-electron chi connectivity index (χ1n) is 8.04. The zero-order valence-corrected chi connectivity index (χ0v) is 18.2. The van der Waals surface area contributed by atoms with E-state index in [-0.39, 0.29) is 27.7 Å².